The van der Waals surface area contributed by atoms with Crippen LogP contribution in [0.4, 0.5) is 0 Å². The molecule has 0 radical (unpaired) electrons. The first kappa shape index (κ1) is 25.0. The Morgan fingerprint density at radius 2 is 2.14 bits per heavy atom. The monoisotopic (exact) mass is 446 g/mol. The van der Waals surface area contributed by atoms with Crippen LogP contribution in [0.5, 0.6) is 0 Å². The van der Waals surface area contributed by atoms with Gasteiger partial charge in [-0.05, 0) is 38.3 Å². The lowest BCUT2D eigenvalue weighted by Crippen LogP contribution is -2.50. The summed E-state index contributed by atoms with van der Waals surface area (Å²) in [5, 5.41) is 2.88. The second-order valence-corrected chi connectivity index (χ2v) is 6.76. The van der Waals surface area contributed by atoms with Crippen LogP contribution in [0.25, 0.3) is 11.7 Å². The van der Waals surface area contributed by atoms with Gasteiger partial charge in [-0.3, -0.25) is 9.59 Å². The summed E-state index contributed by atoms with van der Waals surface area (Å²) in [6.45, 7) is 3.27. The smallest absolute Gasteiger partial charge is 0.263 e. The molecule has 3 heterocycles. The third-order valence-corrected chi connectivity index (χ3v) is 4.80. The van der Waals surface area contributed by atoms with Crippen molar-refractivity contribution in [2.45, 2.75) is 45.1 Å². The number of aryl methyl sites for hydroxylation is 1. The number of hydrogen-bond acceptors (Lipinski definition) is 6. The highest BCUT2D eigenvalue weighted by atomic mass is 35.5. The molecule has 8 nitrogen and oxygen atoms in total. The van der Waals surface area contributed by atoms with Crippen molar-refractivity contribution in [2.75, 3.05) is 19.6 Å². The van der Waals surface area contributed by atoms with Crippen molar-refractivity contribution in [1.82, 2.24) is 15.2 Å². The Kier molecular flexibility index (Phi) is 10.2. The van der Waals surface area contributed by atoms with Crippen LogP contribution in [0.15, 0.2) is 27.2 Å². The SMILES string of the molecule is Cc1oc(-c2ccco2)nc1CC(=O)N1CCCCC1CNC(=O)CCN.Cl.Cl. The molecule has 10 heteroatoms. The molecular weight excluding hydrogens is 419 g/mol. The number of halogens is 2. The highest BCUT2D eigenvalue weighted by Gasteiger charge is 2.28. The lowest BCUT2D eigenvalue weighted by molar-refractivity contribution is -0.134. The molecule has 3 rings (SSSR count). The van der Waals surface area contributed by atoms with Gasteiger partial charge < -0.3 is 24.8 Å². The summed E-state index contributed by atoms with van der Waals surface area (Å²) < 4.78 is 10.9. The lowest BCUT2D eigenvalue weighted by Gasteiger charge is -2.36. The average Bonchev–Trinajstić information content (AvgIpc) is 3.31. The van der Waals surface area contributed by atoms with Gasteiger partial charge in [-0.1, -0.05) is 0 Å². The van der Waals surface area contributed by atoms with Gasteiger partial charge >= 0.3 is 0 Å². The van der Waals surface area contributed by atoms with Crippen LogP contribution in [0.1, 0.15) is 37.1 Å². The van der Waals surface area contributed by atoms with Crippen molar-refractivity contribution < 1.29 is 18.4 Å². The number of hydrogen-bond donors (Lipinski definition) is 2. The van der Waals surface area contributed by atoms with Gasteiger partial charge in [0.25, 0.3) is 5.89 Å². The number of nitrogens with two attached hydrogens (primary N) is 1. The quantitative estimate of drug-likeness (QED) is 0.674. The van der Waals surface area contributed by atoms with Crippen molar-refractivity contribution in [2.24, 2.45) is 5.73 Å². The van der Waals surface area contributed by atoms with Crippen LogP contribution in [0.2, 0.25) is 0 Å². The van der Waals surface area contributed by atoms with Crippen LogP contribution in [0.3, 0.4) is 0 Å². The molecule has 2 aromatic heterocycles. The highest BCUT2D eigenvalue weighted by Crippen LogP contribution is 2.24. The lowest BCUT2D eigenvalue weighted by atomic mass is 10.0. The van der Waals surface area contributed by atoms with Gasteiger partial charge in [0.05, 0.1) is 18.4 Å². The van der Waals surface area contributed by atoms with Crippen molar-refractivity contribution in [3.63, 3.8) is 0 Å². The van der Waals surface area contributed by atoms with E-state index in [0.29, 0.717) is 49.2 Å². The summed E-state index contributed by atoms with van der Waals surface area (Å²) in [5.74, 6) is 1.44. The number of nitrogens with one attached hydrogen (secondary N) is 1. The van der Waals surface area contributed by atoms with Gasteiger partial charge in [-0.2, -0.15) is 0 Å². The molecule has 0 aromatic carbocycles. The van der Waals surface area contributed by atoms with E-state index >= 15 is 0 Å². The fourth-order valence-electron chi connectivity index (χ4n) is 3.33. The van der Waals surface area contributed by atoms with Gasteiger partial charge in [0.15, 0.2) is 5.76 Å². The second kappa shape index (κ2) is 11.8. The number of carbonyl (C=O) groups is 2. The first-order chi connectivity index (χ1) is 13.1. The summed E-state index contributed by atoms with van der Waals surface area (Å²) in [6.07, 6.45) is 4.92. The minimum atomic E-state index is -0.0779. The fourth-order valence-corrected chi connectivity index (χ4v) is 3.33. The van der Waals surface area contributed by atoms with E-state index in [1.54, 1.807) is 25.3 Å². The first-order valence-electron chi connectivity index (χ1n) is 9.35. The van der Waals surface area contributed by atoms with E-state index in [1.807, 2.05) is 4.90 Å². The number of carbonyl (C=O) groups excluding carboxylic acids is 2. The molecule has 162 valence electrons. The number of piperidine rings is 1. The molecule has 0 bridgehead atoms. The number of nitrogens with zero attached hydrogens (tertiary/aromatic N) is 2. The van der Waals surface area contributed by atoms with E-state index in [-0.39, 0.29) is 49.1 Å². The Hall–Kier alpha value is -2.03. The molecular formula is C19H28Cl2N4O4. The predicted octanol–water partition coefficient (Wildman–Crippen LogP) is 2.48. The van der Waals surface area contributed by atoms with E-state index in [4.69, 9.17) is 14.6 Å². The van der Waals surface area contributed by atoms with E-state index in [1.165, 1.54) is 0 Å². The third kappa shape index (κ3) is 6.48. The number of oxazole rings is 1. The maximum absolute atomic E-state index is 12.9. The zero-order valence-electron chi connectivity index (χ0n) is 16.4. The molecule has 3 N–H and O–H groups in total. The zero-order chi connectivity index (χ0) is 19.2. The van der Waals surface area contributed by atoms with E-state index in [2.05, 4.69) is 10.3 Å². The van der Waals surface area contributed by atoms with Crippen LogP contribution in [0, 0.1) is 6.92 Å². The molecule has 1 aliphatic heterocycles. The van der Waals surface area contributed by atoms with Gasteiger partial charge in [0.1, 0.15) is 5.76 Å². The van der Waals surface area contributed by atoms with E-state index in [9.17, 15) is 9.59 Å². The van der Waals surface area contributed by atoms with Crippen molar-refractivity contribution in [1.29, 1.82) is 0 Å². The molecule has 1 unspecified atom stereocenters. The Labute approximate surface area is 182 Å². The molecule has 0 saturated carbocycles. The van der Waals surface area contributed by atoms with Crippen LogP contribution >= 0.6 is 24.8 Å². The van der Waals surface area contributed by atoms with Gasteiger partial charge in [0.2, 0.25) is 11.8 Å². The minimum Gasteiger partial charge on any atom is -0.459 e. The number of furan rings is 1. The Morgan fingerprint density at radius 3 is 2.83 bits per heavy atom. The fraction of sp³-hybridized carbons (Fsp3) is 0.526. The molecule has 2 amide bonds. The largest absolute Gasteiger partial charge is 0.459 e. The van der Waals surface area contributed by atoms with Crippen LogP contribution in [-0.2, 0) is 16.0 Å². The van der Waals surface area contributed by atoms with Gasteiger partial charge in [0, 0.05) is 32.1 Å². The molecule has 0 spiro atoms. The van der Waals surface area contributed by atoms with Crippen LogP contribution < -0.4 is 11.1 Å². The topological polar surface area (TPSA) is 115 Å². The highest BCUT2D eigenvalue weighted by molar-refractivity contribution is 5.85. The molecule has 0 aliphatic carbocycles. The van der Waals surface area contributed by atoms with E-state index < -0.39 is 0 Å². The Morgan fingerprint density at radius 1 is 1.34 bits per heavy atom. The standard InChI is InChI=1S/C19H26N4O4.2ClH/c1-13-15(22-19(27-13)16-6-4-10-26-16)11-18(25)23-9-3-2-5-14(23)12-21-17(24)7-8-20;;/h4,6,10,14H,2-3,5,7-9,11-12,20H2,1H3,(H,21,24);2*1H. The first-order valence-corrected chi connectivity index (χ1v) is 9.35. The summed E-state index contributed by atoms with van der Waals surface area (Å²) >= 11 is 0. The number of aromatic nitrogens is 1. The van der Waals surface area contributed by atoms with Crippen molar-refractivity contribution >= 4 is 36.6 Å². The van der Waals surface area contributed by atoms with Gasteiger partial charge in [-0.25, -0.2) is 4.98 Å². The maximum Gasteiger partial charge on any atom is 0.263 e. The van der Waals surface area contributed by atoms with Crippen molar-refractivity contribution in [3.8, 4) is 11.7 Å². The molecule has 29 heavy (non-hydrogen) atoms. The molecule has 1 saturated heterocycles. The second-order valence-electron chi connectivity index (χ2n) is 6.76. The molecule has 2 aromatic rings. The minimum absolute atomic E-state index is 0. The predicted molar refractivity (Wildman–Crippen MR) is 113 cm³/mol. The number of rotatable bonds is 7. The zero-order valence-corrected chi connectivity index (χ0v) is 18.0. The summed E-state index contributed by atoms with van der Waals surface area (Å²) in [6, 6.07) is 3.53. The molecule has 1 aliphatic rings. The normalized spacial score (nSPS) is 15.9. The van der Waals surface area contributed by atoms with Gasteiger partial charge in [-0.15, -0.1) is 24.8 Å². The maximum atomic E-state index is 12.9. The number of likely N-dealkylation sites (tertiary alicyclic amines) is 1. The third-order valence-electron chi connectivity index (χ3n) is 4.80. The summed E-state index contributed by atoms with van der Waals surface area (Å²) in [7, 11) is 0. The molecule has 1 atom stereocenters. The van der Waals surface area contributed by atoms with Crippen LogP contribution in [-0.4, -0.2) is 47.4 Å². The summed E-state index contributed by atoms with van der Waals surface area (Å²) in [5.41, 5.74) is 6.02. The Bertz CT molecular complexity index is 779. The summed E-state index contributed by atoms with van der Waals surface area (Å²) in [4.78, 5) is 30.8. The molecule has 1 fully saturated rings. The van der Waals surface area contributed by atoms with Crippen molar-refractivity contribution in [3.05, 3.63) is 29.9 Å². The number of amides is 2. The Balaban J connectivity index is 0.00000210. The average molecular weight is 447 g/mol. The van der Waals surface area contributed by atoms with E-state index in [0.717, 1.165) is 19.3 Å².